The maximum atomic E-state index is 12.6. The van der Waals surface area contributed by atoms with Gasteiger partial charge in [0.05, 0.1) is 11.9 Å². The molecule has 0 aliphatic carbocycles. The molecule has 2 aromatic heterocycles. The van der Waals surface area contributed by atoms with Crippen LogP contribution in [0.25, 0.3) is 0 Å². The van der Waals surface area contributed by atoms with Crippen LogP contribution in [0.5, 0.6) is 5.75 Å². The number of ether oxygens (including phenoxy) is 1. The fraction of sp³-hybridized carbons (Fsp3) is 0.278. The van der Waals surface area contributed by atoms with E-state index in [2.05, 4.69) is 20.2 Å². The molecule has 7 nitrogen and oxygen atoms in total. The van der Waals surface area contributed by atoms with Crippen molar-refractivity contribution in [2.75, 3.05) is 11.9 Å². The second kappa shape index (κ2) is 6.08. The van der Waals surface area contributed by atoms with Crippen molar-refractivity contribution in [1.82, 2.24) is 20.2 Å². The summed E-state index contributed by atoms with van der Waals surface area (Å²) in [6.07, 6.45) is 2.31. The molecule has 0 spiro atoms. The summed E-state index contributed by atoms with van der Waals surface area (Å²) in [6.45, 7) is 2.86. The Labute approximate surface area is 144 Å². The molecule has 0 amide bonds. The lowest BCUT2D eigenvalue weighted by Crippen LogP contribution is -2.26. The molecule has 1 aliphatic heterocycles. The zero-order valence-electron chi connectivity index (χ0n) is 14.2. The SMILES string of the molecule is Cc1[nH]ncc1CN(C)c1nc2c(c(=O)[nH]1)Cc1ccccc1OC2. The van der Waals surface area contributed by atoms with Gasteiger partial charge in [-0.3, -0.25) is 14.9 Å². The molecular weight excluding hydrogens is 318 g/mol. The summed E-state index contributed by atoms with van der Waals surface area (Å²) in [7, 11) is 1.89. The van der Waals surface area contributed by atoms with E-state index >= 15 is 0 Å². The topological polar surface area (TPSA) is 86.9 Å². The Morgan fingerprint density at radius 3 is 2.96 bits per heavy atom. The van der Waals surface area contributed by atoms with Crippen molar-refractivity contribution in [2.24, 2.45) is 0 Å². The highest BCUT2D eigenvalue weighted by molar-refractivity contribution is 5.42. The van der Waals surface area contributed by atoms with Gasteiger partial charge in [0.2, 0.25) is 5.95 Å². The van der Waals surface area contributed by atoms with Gasteiger partial charge in [-0.2, -0.15) is 5.10 Å². The van der Waals surface area contributed by atoms with Crippen LogP contribution in [0.1, 0.15) is 28.1 Å². The molecule has 128 valence electrons. The van der Waals surface area contributed by atoms with E-state index < -0.39 is 0 Å². The van der Waals surface area contributed by atoms with E-state index in [1.807, 2.05) is 43.1 Å². The molecule has 0 radical (unpaired) electrons. The first kappa shape index (κ1) is 15.4. The summed E-state index contributed by atoms with van der Waals surface area (Å²) in [6, 6.07) is 7.78. The monoisotopic (exact) mass is 337 g/mol. The van der Waals surface area contributed by atoms with E-state index in [0.29, 0.717) is 36.8 Å². The van der Waals surface area contributed by atoms with Crippen molar-refractivity contribution in [3.63, 3.8) is 0 Å². The first-order valence-electron chi connectivity index (χ1n) is 8.14. The number of fused-ring (bicyclic) bond motifs is 2. The number of H-pyrrole nitrogens is 2. The van der Waals surface area contributed by atoms with Crippen molar-refractivity contribution in [3.05, 3.63) is 68.9 Å². The van der Waals surface area contributed by atoms with Crippen LogP contribution in [0, 0.1) is 6.92 Å². The van der Waals surface area contributed by atoms with Crippen molar-refractivity contribution in [1.29, 1.82) is 0 Å². The zero-order chi connectivity index (χ0) is 17.4. The largest absolute Gasteiger partial charge is 0.487 e. The molecule has 7 heteroatoms. The van der Waals surface area contributed by atoms with Gasteiger partial charge in [-0.1, -0.05) is 18.2 Å². The number of aromatic nitrogens is 4. The minimum atomic E-state index is -0.115. The number of aryl methyl sites for hydroxylation is 1. The summed E-state index contributed by atoms with van der Waals surface area (Å²) in [5.74, 6) is 1.34. The quantitative estimate of drug-likeness (QED) is 0.762. The highest BCUT2D eigenvalue weighted by atomic mass is 16.5. The number of hydrogen-bond acceptors (Lipinski definition) is 5. The maximum absolute atomic E-state index is 12.6. The Hall–Kier alpha value is -3.09. The van der Waals surface area contributed by atoms with E-state index in [-0.39, 0.29) is 5.56 Å². The van der Waals surface area contributed by atoms with E-state index in [4.69, 9.17) is 4.74 Å². The zero-order valence-corrected chi connectivity index (χ0v) is 14.2. The van der Waals surface area contributed by atoms with Gasteiger partial charge in [-0.15, -0.1) is 0 Å². The Kier molecular flexibility index (Phi) is 3.76. The highest BCUT2D eigenvalue weighted by Crippen LogP contribution is 2.26. The molecule has 0 saturated heterocycles. The number of rotatable bonds is 3. The highest BCUT2D eigenvalue weighted by Gasteiger charge is 2.20. The number of hydrogen-bond donors (Lipinski definition) is 2. The van der Waals surface area contributed by atoms with Crippen LogP contribution < -0.4 is 15.2 Å². The number of nitrogens with zero attached hydrogens (tertiary/aromatic N) is 3. The Morgan fingerprint density at radius 2 is 2.16 bits per heavy atom. The molecule has 0 unspecified atom stereocenters. The van der Waals surface area contributed by atoms with Crippen LogP contribution in [-0.4, -0.2) is 27.2 Å². The average molecular weight is 337 g/mol. The van der Waals surface area contributed by atoms with Crippen LogP contribution in [-0.2, 0) is 19.6 Å². The molecule has 1 aliphatic rings. The van der Waals surface area contributed by atoms with Crippen LogP contribution in [0.2, 0.25) is 0 Å². The molecule has 3 aromatic rings. The van der Waals surface area contributed by atoms with Gasteiger partial charge >= 0.3 is 0 Å². The van der Waals surface area contributed by atoms with E-state index in [9.17, 15) is 4.79 Å². The summed E-state index contributed by atoms with van der Waals surface area (Å²) in [5.41, 5.74) is 4.30. The van der Waals surface area contributed by atoms with E-state index in [1.54, 1.807) is 6.20 Å². The Bertz CT molecular complexity index is 976. The predicted molar refractivity (Wildman–Crippen MR) is 93.9 cm³/mol. The summed E-state index contributed by atoms with van der Waals surface area (Å²) in [5, 5.41) is 6.94. The fourth-order valence-corrected chi connectivity index (χ4v) is 3.01. The van der Waals surface area contributed by atoms with Crippen LogP contribution in [0.3, 0.4) is 0 Å². The smallest absolute Gasteiger partial charge is 0.256 e. The number of anilines is 1. The van der Waals surface area contributed by atoms with Crippen LogP contribution in [0.4, 0.5) is 5.95 Å². The van der Waals surface area contributed by atoms with Gasteiger partial charge in [0.25, 0.3) is 5.56 Å². The second-order valence-electron chi connectivity index (χ2n) is 6.26. The molecule has 0 fully saturated rings. The Balaban J connectivity index is 1.66. The Morgan fingerprint density at radius 1 is 1.32 bits per heavy atom. The maximum Gasteiger partial charge on any atom is 0.256 e. The van der Waals surface area contributed by atoms with Crippen LogP contribution >= 0.6 is 0 Å². The molecule has 25 heavy (non-hydrogen) atoms. The van der Waals surface area contributed by atoms with Gasteiger partial charge in [-0.25, -0.2) is 4.98 Å². The molecule has 0 saturated carbocycles. The third-order valence-corrected chi connectivity index (χ3v) is 4.50. The van der Waals surface area contributed by atoms with Gasteiger partial charge in [0.15, 0.2) is 0 Å². The minimum absolute atomic E-state index is 0.115. The molecule has 1 aromatic carbocycles. The van der Waals surface area contributed by atoms with E-state index in [1.165, 1.54) is 0 Å². The average Bonchev–Trinajstić information content (AvgIpc) is 2.90. The molecule has 2 N–H and O–H groups in total. The third-order valence-electron chi connectivity index (χ3n) is 4.50. The van der Waals surface area contributed by atoms with Gasteiger partial charge in [-0.05, 0) is 18.6 Å². The van der Waals surface area contributed by atoms with Gasteiger partial charge < -0.3 is 9.64 Å². The summed E-state index contributed by atoms with van der Waals surface area (Å²) >= 11 is 0. The summed E-state index contributed by atoms with van der Waals surface area (Å²) < 4.78 is 5.84. The standard InChI is InChI=1S/C18H19N5O2/c1-11-13(8-19-22-11)9-23(2)18-20-15-10-25-16-6-4-3-5-12(16)7-14(15)17(24)21-18/h3-6,8H,7,9-10H2,1-2H3,(H,19,22)(H,20,21,24). The van der Waals surface area contributed by atoms with Gasteiger partial charge in [0, 0.05) is 36.8 Å². The molecule has 3 heterocycles. The lowest BCUT2D eigenvalue weighted by molar-refractivity contribution is 0.302. The molecule has 0 bridgehead atoms. The van der Waals surface area contributed by atoms with Crippen molar-refractivity contribution < 1.29 is 4.74 Å². The fourth-order valence-electron chi connectivity index (χ4n) is 3.01. The summed E-state index contributed by atoms with van der Waals surface area (Å²) in [4.78, 5) is 22.1. The number of nitrogens with one attached hydrogen (secondary N) is 2. The predicted octanol–water partition coefficient (Wildman–Crippen LogP) is 1.92. The minimum Gasteiger partial charge on any atom is -0.487 e. The second-order valence-corrected chi connectivity index (χ2v) is 6.26. The number of benzene rings is 1. The number of aromatic amines is 2. The lowest BCUT2D eigenvalue weighted by atomic mass is 10.1. The molecule has 4 rings (SSSR count). The van der Waals surface area contributed by atoms with Crippen LogP contribution in [0.15, 0.2) is 35.3 Å². The van der Waals surface area contributed by atoms with Gasteiger partial charge in [0.1, 0.15) is 12.4 Å². The first-order chi connectivity index (χ1) is 12.1. The van der Waals surface area contributed by atoms with E-state index in [0.717, 1.165) is 22.6 Å². The molecular formula is C18H19N5O2. The number of para-hydroxylation sites is 1. The molecule has 0 atom stereocenters. The third kappa shape index (κ3) is 2.88. The normalized spacial score (nSPS) is 12.7. The first-order valence-corrected chi connectivity index (χ1v) is 8.14. The van der Waals surface area contributed by atoms with Crippen molar-refractivity contribution >= 4 is 5.95 Å². The van der Waals surface area contributed by atoms with Crippen molar-refractivity contribution in [2.45, 2.75) is 26.5 Å². The lowest BCUT2D eigenvalue weighted by Gasteiger charge is -2.18. The van der Waals surface area contributed by atoms with Crippen molar-refractivity contribution in [3.8, 4) is 5.75 Å².